The van der Waals surface area contributed by atoms with Crippen molar-refractivity contribution in [1.29, 1.82) is 0 Å². The summed E-state index contributed by atoms with van der Waals surface area (Å²) in [6.45, 7) is 0. The van der Waals surface area contributed by atoms with Crippen LogP contribution in [0.15, 0.2) is 10.7 Å². The van der Waals surface area contributed by atoms with Gasteiger partial charge in [0.1, 0.15) is 10.3 Å². The molecular weight excluding hydrogens is 279 g/mol. The normalized spacial score (nSPS) is 10.7. The van der Waals surface area contributed by atoms with Crippen molar-refractivity contribution in [3.05, 3.63) is 21.9 Å². The summed E-state index contributed by atoms with van der Waals surface area (Å²) in [4.78, 5) is 3.64. The van der Waals surface area contributed by atoms with Crippen molar-refractivity contribution in [1.82, 2.24) is 4.98 Å². The highest BCUT2D eigenvalue weighted by Crippen LogP contribution is 2.31. The Morgan fingerprint density at radius 3 is 2.71 bits per heavy atom. The van der Waals surface area contributed by atoms with Crippen LogP contribution in [0.4, 0.5) is 8.78 Å². The van der Waals surface area contributed by atoms with Crippen molar-refractivity contribution in [3.63, 3.8) is 0 Å². The van der Waals surface area contributed by atoms with Gasteiger partial charge in [-0.15, -0.1) is 11.6 Å². The second-order valence-electron chi connectivity index (χ2n) is 2.46. The molecule has 1 heterocycles. The summed E-state index contributed by atoms with van der Waals surface area (Å²) in [5.41, 5.74) is 0.180. The molecule has 0 spiro atoms. The van der Waals surface area contributed by atoms with Gasteiger partial charge in [0, 0.05) is 5.56 Å². The Hall–Kier alpha value is -0.420. The molecule has 1 aromatic heterocycles. The molecule has 0 bridgehead atoms. The fourth-order valence-electron chi connectivity index (χ4n) is 0.999. The van der Waals surface area contributed by atoms with Crippen LogP contribution in [0.2, 0.25) is 0 Å². The number of rotatable bonds is 3. The molecule has 0 N–H and O–H groups in total. The van der Waals surface area contributed by atoms with Crippen molar-refractivity contribution < 1.29 is 13.5 Å². The van der Waals surface area contributed by atoms with Gasteiger partial charge in [-0.1, -0.05) is 0 Å². The predicted octanol–water partition coefficient (Wildman–Crippen LogP) is 3.53. The summed E-state index contributed by atoms with van der Waals surface area (Å²) in [5, 5.41) is 0. The van der Waals surface area contributed by atoms with Gasteiger partial charge in [0.2, 0.25) is 0 Å². The number of methoxy groups -OCH3 is 1. The first-order valence-electron chi connectivity index (χ1n) is 3.67. The van der Waals surface area contributed by atoms with E-state index in [-0.39, 0.29) is 16.2 Å². The van der Waals surface area contributed by atoms with E-state index < -0.39 is 6.43 Å². The third-order valence-electron chi connectivity index (χ3n) is 1.60. The number of hydrogen-bond donors (Lipinski definition) is 0. The lowest BCUT2D eigenvalue weighted by atomic mass is 10.2. The van der Waals surface area contributed by atoms with Gasteiger partial charge in [0.15, 0.2) is 5.75 Å². The Labute approximate surface area is 93.4 Å². The second-order valence-corrected chi connectivity index (χ2v) is 3.48. The highest BCUT2D eigenvalue weighted by Gasteiger charge is 2.16. The minimum atomic E-state index is -2.61. The fraction of sp³-hybridized carbons (Fsp3) is 0.375. The van der Waals surface area contributed by atoms with E-state index in [2.05, 4.69) is 20.9 Å². The van der Waals surface area contributed by atoms with E-state index in [9.17, 15) is 8.78 Å². The zero-order valence-corrected chi connectivity index (χ0v) is 9.57. The molecule has 0 aromatic carbocycles. The number of alkyl halides is 3. The van der Waals surface area contributed by atoms with Gasteiger partial charge in [0.05, 0.1) is 13.0 Å². The number of hydrogen-bond acceptors (Lipinski definition) is 2. The van der Waals surface area contributed by atoms with Crippen LogP contribution < -0.4 is 4.74 Å². The van der Waals surface area contributed by atoms with Crippen LogP contribution in [0.1, 0.15) is 17.7 Å². The smallest absolute Gasteiger partial charge is 0.280 e. The minimum absolute atomic E-state index is 0.101. The molecule has 0 aliphatic heterocycles. The Balaban J connectivity index is 3.24. The monoisotopic (exact) mass is 285 g/mol. The molecule has 0 fully saturated rings. The molecule has 1 rings (SSSR count). The third kappa shape index (κ3) is 2.33. The maximum Gasteiger partial charge on any atom is 0.280 e. The summed E-state index contributed by atoms with van der Waals surface area (Å²) in [7, 11) is 1.43. The highest BCUT2D eigenvalue weighted by atomic mass is 79.9. The van der Waals surface area contributed by atoms with Gasteiger partial charge in [-0.05, 0) is 22.0 Å². The van der Waals surface area contributed by atoms with Gasteiger partial charge in [0.25, 0.3) is 6.43 Å². The number of halogens is 4. The van der Waals surface area contributed by atoms with Gasteiger partial charge in [-0.2, -0.15) is 0 Å². The van der Waals surface area contributed by atoms with Gasteiger partial charge < -0.3 is 4.74 Å². The number of ether oxygens (including phenoxy) is 1. The molecule has 2 nitrogen and oxygen atoms in total. The van der Waals surface area contributed by atoms with Gasteiger partial charge >= 0.3 is 0 Å². The van der Waals surface area contributed by atoms with Crippen LogP contribution in [0.5, 0.6) is 5.75 Å². The van der Waals surface area contributed by atoms with Crippen LogP contribution in [-0.2, 0) is 5.88 Å². The second kappa shape index (κ2) is 4.89. The Morgan fingerprint density at radius 1 is 1.64 bits per heavy atom. The summed E-state index contributed by atoms with van der Waals surface area (Å²) < 4.78 is 29.9. The van der Waals surface area contributed by atoms with E-state index in [0.717, 1.165) is 0 Å². The standard InChI is InChI=1S/C8H7BrClF2NO/c1-14-6-4(3-10)2-5(8(11)12)13-7(6)9/h2,8H,3H2,1H3. The molecule has 6 heteroatoms. The lowest BCUT2D eigenvalue weighted by Gasteiger charge is -2.09. The van der Waals surface area contributed by atoms with Crippen molar-refractivity contribution in [2.45, 2.75) is 12.3 Å². The molecule has 0 radical (unpaired) electrons. The largest absolute Gasteiger partial charge is 0.494 e. The number of pyridine rings is 1. The molecule has 14 heavy (non-hydrogen) atoms. The van der Waals surface area contributed by atoms with E-state index in [1.165, 1.54) is 13.2 Å². The summed E-state index contributed by atoms with van der Waals surface area (Å²) in [6, 6.07) is 1.24. The Kier molecular flexibility index (Phi) is 4.07. The lowest BCUT2D eigenvalue weighted by molar-refractivity contribution is 0.145. The van der Waals surface area contributed by atoms with Crippen LogP contribution in [0.25, 0.3) is 0 Å². The molecule has 0 saturated carbocycles. The molecular formula is C8H7BrClF2NO. The topological polar surface area (TPSA) is 22.1 Å². The van der Waals surface area contributed by atoms with E-state index in [0.29, 0.717) is 11.3 Å². The highest BCUT2D eigenvalue weighted by molar-refractivity contribution is 9.10. The SMILES string of the molecule is COc1c(CCl)cc(C(F)F)nc1Br. The molecule has 0 atom stereocenters. The average Bonchev–Trinajstić information content (AvgIpc) is 2.16. The third-order valence-corrected chi connectivity index (χ3v) is 2.43. The summed E-state index contributed by atoms with van der Waals surface area (Å²) >= 11 is 8.63. The fourth-order valence-corrected chi connectivity index (χ4v) is 1.82. The van der Waals surface area contributed by atoms with Crippen LogP contribution >= 0.6 is 27.5 Å². The van der Waals surface area contributed by atoms with Crippen molar-refractivity contribution in [3.8, 4) is 5.75 Å². The maximum absolute atomic E-state index is 12.3. The van der Waals surface area contributed by atoms with Crippen LogP contribution in [0.3, 0.4) is 0 Å². The number of nitrogens with zero attached hydrogens (tertiary/aromatic N) is 1. The summed E-state index contributed by atoms with van der Waals surface area (Å²) in [5.74, 6) is 0.494. The van der Waals surface area contributed by atoms with Crippen molar-refractivity contribution in [2.75, 3.05) is 7.11 Å². The molecule has 0 aliphatic rings. The van der Waals surface area contributed by atoms with Crippen LogP contribution in [-0.4, -0.2) is 12.1 Å². The van der Waals surface area contributed by atoms with E-state index in [1.807, 2.05) is 0 Å². The van der Waals surface area contributed by atoms with Crippen molar-refractivity contribution >= 4 is 27.5 Å². The molecule has 1 aromatic rings. The van der Waals surface area contributed by atoms with Gasteiger partial charge in [-0.3, -0.25) is 0 Å². The molecule has 0 saturated heterocycles. The molecule has 0 unspecified atom stereocenters. The Bertz CT molecular complexity index is 335. The maximum atomic E-state index is 12.3. The molecule has 0 amide bonds. The average molecular weight is 287 g/mol. The zero-order valence-electron chi connectivity index (χ0n) is 7.23. The van der Waals surface area contributed by atoms with Gasteiger partial charge in [-0.25, -0.2) is 13.8 Å². The Morgan fingerprint density at radius 2 is 2.29 bits per heavy atom. The minimum Gasteiger partial charge on any atom is -0.494 e. The van der Waals surface area contributed by atoms with E-state index in [1.54, 1.807) is 0 Å². The van der Waals surface area contributed by atoms with Crippen molar-refractivity contribution in [2.24, 2.45) is 0 Å². The first kappa shape index (κ1) is 11.7. The first-order valence-corrected chi connectivity index (χ1v) is 5.00. The number of aromatic nitrogens is 1. The summed E-state index contributed by atoms with van der Waals surface area (Å²) in [6.07, 6.45) is -2.61. The predicted molar refractivity (Wildman–Crippen MR) is 53.0 cm³/mol. The van der Waals surface area contributed by atoms with E-state index in [4.69, 9.17) is 16.3 Å². The lowest BCUT2D eigenvalue weighted by Crippen LogP contribution is -1.98. The molecule has 78 valence electrons. The zero-order chi connectivity index (χ0) is 10.7. The first-order chi connectivity index (χ1) is 6.60. The molecule has 0 aliphatic carbocycles. The van der Waals surface area contributed by atoms with E-state index >= 15 is 0 Å². The van der Waals surface area contributed by atoms with Crippen LogP contribution in [0, 0.1) is 0 Å². The quantitative estimate of drug-likeness (QED) is 0.626.